The van der Waals surface area contributed by atoms with Crippen LogP contribution in [-0.4, -0.2) is 48.8 Å². The van der Waals surface area contributed by atoms with E-state index in [2.05, 4.69) is 21.0 Å². The van der Waals surface area contributed by atoms with Crippen LogP contribution in [0.25, 0.3) is 0 Å². The Morgan fingerprint density at radius 3 is 1.58 bits per heavy atom. The van der Waals surface area contributed by atoms with Crippen molar-refractivity contribution in [1.29, 1.82) is 0 Å². The Morgan fingerprint density at radius 2 is 1.12 bits per heavy atom. The first-order valence-electron chi connectivity index (χ1n) is 11.6. The van der Waals surface area contributed by atoms with E-state index in [0.29, 0.717) is 12.0 Å². The van der Waals surface area contributed by atoms with Crippen LogP contribution in [0.3, 0.4) is 0 Å². The highest BCUT2D eigenvalue weighted by Crippen LogP contribution is 2.17. The van der Waals surface area contributed by atoms with Crippen molar-refractivity contribution in [2.24, 2.45) is 0 Å². The van der Waals surface area contributed by atoms with Gasteiger partial charge >= 0.3 is 0 Å². The van der Waals surface area contributed by atoms with Crippen molar-refractivity contribution in [2.45, 2.75) is 115 Å². The fraction of sp³-hybridized carbons (Fsp3) is 1.00. The van der Waals surface area contributed by atoms with E-state index >= 15 is 0 Å². The van der Waals surface area contributed by atoms with E-state index in [1.165, 1.54) is 89.9 Å². The summed E-state index contributed by atoms with van der Waals surface area (Å²) in [5, 5.41) is 9.29. The molecule has 0 amide bonds. The quantitative estimate of drug-likeness (QED) is 0.136. The molecule has 158 valence electrons. The first kappa shape index (κ1) is 26.2. The van der Waals surface area contributed by atoms with Crippen molar-refractivity contribution >= 4 is 11.6 Å². The molecule has 2 nitrogen and oxygen atoms in total. The molecule has 1 atom stereocenters. The Kier molecular flexibility index (Phi) is 18.7. The number of aliphatic hydroxyl groups is 1. The minimum atomic E-state index is 0.297. The van der Waals surface area contributed by atoms with Gasteiger partial charge in [0.1, 0.15) is 0 Å². The maximum atomic E-state index is 8.96. The van der Waals surface area contributed by atoms with Crippen LogP contribution in [0.15, 0.2) is 0 Å². The van der Waals surface area contributed by atoms with Gasteiger partial charge in [0.25, 0.3) is 0 Å². The van der Waals surface area contributed by atoms with Gasteiger partial charge in [-0.3, -0.25) is 0 Å². The van der Waals surface area contributed by atoms with Crippen LogP contribution in [0.2, 0.25) is 0 Å². The summed E-state index contributed by atoms with van der Waals surface area (Å²) in [6.07, 6.45) is 21.5. The predicted molar refractivity (Wildman–Crippen MR) is 118 cm³/mol. The van der Waals surface area contributed by atoms with Crippen LogP contribution in [0, 0.1) is 0 Å². The van der Waals surface area contributed by atoms with Crippen molar-refractivity contribution < 1.29 is 9.59 Å². The predicted octanol–water partition coefficient (Wildman–Crippen LogP) is 6.92. The Labute approximate surface area is 170 Å². The van der Waals surface area contributed by atoms with E-state index in [9.17, 15) is 0 Å². The van der Waals surface area contributed by atoms with Gasteiger partial charge in [0, 0.05) is 24.8 Å². The highest BCUT2D eigenvalue weighted by atomic mass is 35.5. The summed E-state index contributed by atoms with van der Waals surface area (Å²) in [5.74, 6) is 0. The van der Waals surface area contributed by atoms with E-state index in [1.54, 1.807) is 0 Å². The maximum Gasteiger partial charge on any atom is 0.0804 e. The summed E-state index contributed by atoms with van der Waals surface area (Å²) < 4.78 is 0.975. The van der Waals surface area contributed by atoms with Crippen LogP contribution in [0.5, 0.6) is 0 Å². The van der Waals surface area contributed by atoms with E-state index in [0.717, 1.165) is 30.4 Å². The van der Waals surface area contributed by atoms with Crippen molar-refractivity contribution in [3.8, 4) is 0 Å². The van der Waals surface area contributed by atoms with Crippen LogP contribution in [0.4, 0.5) is 0 Å². The molecule has 1 unspecified atom stereocenters. The molecule has 0 aliphatic carbocycles. The zero-order valence-corrected chi connectivity index (χ0v) is 19.0. The van der Waals surface area contributed by atoms with Gasteiger partial charge in [0.15, 0.2) is 0 Å². The molecule has 1 N–H and O–H groups in total. The second-order valence-corrected chi connectivity index (χ2v) is 9.49. The molecule has 0 rings (SSSR count). The molecule has 0 aromatic carbocycles. The van der Waals surface area contributed by atoms with E-state index in [4.69, 9.17) is 16.7 Å². The third kappa shape index (κ3) is 19.0. The van der Waals surface area contributed by atoms with Crippen LogP contribution in [0.1, 0.15) is 110 Å². The van der Waals surface area contributed by atoms with Gasteiger partial charge in [0.2, 0.25) is 0 Å². The molecule has 0 spiro atoms. The molecule has 0 aliphatic heterocycles. The lowest BCUT2D eigenvalue weighted by Gasteiger charge is -2.30. The lowest BCUT2D eigenvalue weighted by atomic mass is 10.0. The standard InChI is InChI=1S/C23H49ClNO/c1-4-5-6-7-8-9-10-11-12-13-14-15-16-18-23(24)19-21-25(2,3)20-17-22-26/h23,26H,4-22H2,1-3H3/q+1. The van der Waals surface area contributed by atoms with Gasteiger partial charge in [0.05, 0.1) is 27.2 Å². The Morgan fingerprint density at radius 1 is 0.654 bits per heavy atom. The fourth-order valence-electron chi connectivity index (χ4n) is 3.63. The molecule has 0 heterocycles. The molecule has 3 heteroatoms. The number of quaternary nitrogens is 1. The van der Waals surface area contributed by atoms with Gasteiger partial charge in [-0.05, 0) is 6.42 Å². The zero-order chi connectivity index (χ0) is 19.5. The monoisotopic (exact) mass is 390 g/mol. The highest BCUT2D eigenvalue weighted by Gasteiger charge is 2.16. The molecule has 0 aromatic rings. The largest absolute Gasteiger partial charge is 0.396 e. The Bertz CT molecular complexity index is 283. The normalized spacial score (nSPS) is 13.3. The topological polar surface area (TPSA) is 20.2 Å². The van der Waals surface area contributed by atoms with Crippen LogP contribution >= 0.6 is 11.6 Å². The first-order valence-corrected chi connectivity index (χ1v) is 12.0. The van der Waals surface area contributed by atoms with Gasteiger partial charge in [-0.1, -0.05) is 90.4 Å². The minimum Gasteiger partial charge on any atom is -0.396 e. The summed E-state index contributed by atoms with van der Waals surface area (Å²) in [6, 6.07) is 0. The summed E-state index contributed by atoms with van der Waals surface area (Å²) in [7, 11) is 4.48. The van der Waals surface area contributed by atoms with Crippen LogP contribution < -0.4 is 0 Å². The second kappa shape index (κ2) is 18.6. The van der Waals surface area contributed by atoms with Gasteiger partial charge in [-0.15, -0.1) is 11.6 Å². The molecule has 0 saturated heterocycles. The van der Waals surface area contributed by atoms with Gasteiger partial charge in [-0.2, -0.15) is 0 Å². The van der Waals surface area contributed by atoms with Gasteiger partial charge in [-0.25, -0.2) is 0 Å². The number of unbranched alkanes of at least 4 members (excludes halogenated alkanes) is 12. The van der Waals surface area contributed by atoms with E-state index < -0.39 is 0 Å². The minimum absolute atomic E-state index is 0.297. The Hall–Kier alpha value is 0.210. The second-order valence-electron chi connectivity index (χ2n) is 8.88. The first-order chi connectivity index (χ1) is 12.5. The number of hydrogen-bond donors (Lipinski definition) is 1. The third-order valence-electron chi connectivity index (χ3n) is 5.59. The van der Waals surface area contributed by atoms with Crippen molar-refractivity contribution in [3.63, 3.8) is 0 Å². The highest BCUT2D eigenvalue weighted by molar-refractivity contribution is 6.20. The number of halogens is 1. The summed E-state index contributed by atoms with van der Waals surface area (Å²) in [5.41, 5.74) is 0. The molecule has 26 heavy (non-hydrogen) atoms. The number of hydrogen-bond acceptors (Lipinski definition) is 1. The van der Waals surface area contributed by atoms with Crippen LogP contribution in [-0.2, 0) is 0 Å². The number of nitrogens with zero attached hydrogens (tertiary/aromatic N) is 1. The summed E-state index contributed by atoms with van der Waals surface area (Å²) in [6.45, 7) is 4.74. The Balaban J connectivity index is 3.31. The lowest BCUT2D eigenvalue weighted by Crippen LogP contribution is -2.42. The molecular weight excluding hydrogens is 342 g/mol. The van der Waals surface area contributed by atoms with E-state index in [1.807, 2.05) is 0 Å². The SMILES string of the molecule is CCCCCCCCCCCCCCCC(Cl)CC[N+](C)(C)CCCO. The van der Waals surface area contributed by atoms with Crippen molar-refractivity contribution in [3.05, 3.63) is 0 Å². The zero-order valence-electron chi connectivity index (χ0n) is 18.3. The summed E-state index contributed by atoms with van der Waals surface area (Å²) >= 11 is 6.50. The summed E-state index contributed by atoms with van der Waals surface area (Å²) in [4.78, 5) is 0. The third-order valence-corrected chi connectivity index (χ3v) is 6.03. The maximum absolute atomic E-state index is 8.96. The van der Waals surface area contributed by atoms with E-state index in [-0.39, 0.29) is 0 Å². The fourth-order valence-corrected chi connectivity index (χ4v) is 3.88. The van der Waals surface area contributed by atoms with Crippen molar-refractivity contribution in [1.82, 2.24) is 0 Å². The smallest absolute Gasteiger partial charge is 0.0804 e. The molecule has 0 aromatic heterocycles. The number of rotatable bonds is 20. The molecule has 0 radical (unpaired) electrons. The molecule has 0 fully saturated rings. The number of aliphatic hydroxyl groups excluding tert-OH is 1. The average molecular weight is 391 g/mol. The van der Waals surface area contributed by atoms with Crippen molar-refractivity contribution in [2.75, 3.05) is 33.8 Å². The number of alkyl halides is 1. The lowest BCUT2D eigenvalue weighted by molar-refractivity contribution is -0.890. The molecule has 0 saturated carbocycles. The average Bonchev–Trinajstić information content (AvgIpc) is 2.62. The van der Waals surface area contributed by atoms with Gasteiger partial charge < -0.3 is 9.59 Å². The molecule has 0 bridgehead atoms. The molecular formula is C23H49ClNO+. The molecule has 0 aliphatic rings.